The van der Waals surface area contributed by atoms with E-state index in [1.165, 1.54) is 5.39 Å². The van der Waals surface area contributed by atoms with Gasteiger partial charge in [-0.25, -0.2) is 4.79 Å². The molecule has 29 heavy (non-hydrogen) atoms. The number of aromatic amines is 1. The molecule has 3 aromatic carbocycles. The number of benzene rings is 3. The first-order valence-corrected chi connectivity index (χ1v) is 10.2. The van der Waals surface area contributed by atoms with E-state index in [1.54, 1.807) is 0 Å². The Morgan fingerprint density at radius 3 is 2.55 bits per heavy atom. The third-order valence-corrected chi connectivity index (χ3v) is 6.04. The van der Waals surface area contributed by atoms with Crippen molar-refractivity contribution in [2.24, 2.45) is 0 Å². The van der Waals surface area contributed by atoms with Gasteiger partial charge in [0.2, 0.25) is 0 Å². The van der Waals surface area contributed by atoms with Crippen molar-refractivity contribution in [2.45, 2.75) is 37.7 Å². The third kappa shape index (κ3) is 3.25. The summed E-state index contributed by atoms with van der Waals surface area (Å²) < 4.78 is 6.45. The summed E-state index contributed by atoms with van der Waals surface area (Å²) in [6, 6.07) is 22.3. The molecule has 0 radical (unpaired) electrons. The molecule has 5 rings (SSSR count). The van der Waals surface area contributed by atoms with Crippen molar-refractivity contribution in [3.63, 3.8) is 0 Å². The van der Waals surface area contributed by atoms with Crippen LogP contribution in [0.5, 0.6) is 5.75 Å². The Morgan fingerprint density at radius 1 is 0.931 bits per heavy atom. The van der Waals surface area contributed by atoms with Crippen molar-refractivity contribution >= 4 is 27.6 Å². The van der Waals surface area contributed by atoms with Gasteiger partial charge >= 0.3 is 5.97 Å². The van der Waals surface area contributed by atoms with Gasteiger partial charge in [0.25, 0.3) is 0 Å². The summed E-state index contributed by atoms with van der Waals surface area (Å²) in [5, 5.41) is 13.1. The maximum atomic E-state index is 11.9. The molecule has 2 unspecified atom stereocenters. The molecule has 0 spiro atoms. The monoisotopic (exact) mass is 385 g/mol. The first-order valence-electron chi connectivity index (χ1n) is 10.2. The van der Waals surface area contributed by atoms with Crippen LogP contribution >= 0.6 is 0 Å². The lowest BCUT2D eigenvalue weighted by molar-refractivity contribution is 0.0688. The highest BCUT2D eigenvalue weighted by Crippen LogP contribution is 2.40. The van der Waals surface area contributed by atoms with Crippen LogP contribution in [-0.2, 0) is 0 Å². The molecule has 4 nitrogen and oxygen atoms in total. The lowest BCUT2D eigenvalue weighted by Crippen LogP contribution is -2.25. The molecule has 0 saturated heterocycles. The van der Waals surface area contributed by atoms with Gasteiger partial charge in [-0.05, 0) is 54.7 Å². The second-order valence-corrected chi connectivity index (χ2v) is 7.85. The zero-order chi connectivity index (χ0) is 19.8. The van der Waals surface area contributed by atoms with Crippen LogP contribution in [0, 0.1) is 0 Å². The summed E-state index contributed by atoms with van der Waals surface area (Å²) in [4.78, 5) is 15.0. The summed E-state index contributed by atoms with van der Waals surface area (Å²) >= 11 is 0. The number of carboxylic acids is 1. The quantitative estimate of drug-likeness (QED) is 0.444. The van der Waals surface area contributed by atoms with E-state index >= 15 is 0 Å². The van der Waals surface area contributed by atoms with Gasteiger partial charge in [-0.1, -0.05) is 54.6 Å². The van der Waals surface area contributed by atoms with E-state index in [2.05, 4.69) is 23.2 Å². The fraction of sp³-hybridized carbons (Fsp3) is 0.240. The molecule has 146 valence electrons. The van der Waals surface area contributed by atoms with Crippen LogP contribution in [0.4, 0.5) is 0 Å². The SMILES string of the molecule is O=C(O)c1[nH]c2ccccc2c1C1CCCC(Oc2cccc3ccccc23)C1. The Bertz CT molecular complexity index is 1190. The highest BCUT2D eigenvalue weighted by molar-refractivity contribution is 5.97. The van der Waals surface area contributed by atoms with Crippen molar-refractivity contribution in [1.29, 1.82) is 0 Å². The van der Waals surface area contributed by atoms with E-state index in [4.69, 9.17) is 4.74 Å². The lowest BCUT2D eigenvalue weighted by atomic mass is 9.81. The number of carboxylic acid groups (broad SMARTS) is 1. The van der Waals surface area contributed by atoms with Crippen molar-refractivity contribution in [3.8, 4) is 5.75 Å². The molecule has 1 fully saturated rings. The number of H-pyrrole nitrogens is 1. The fourth-order valence-corrected chi connectivity index (χ4v) is 4.75. The molecule has 1 saturated carbocycles. The van der Waals surface area contributed by atoms with E-state index < -0.39 is 5.97 Å². The molecule has 1 aliphatic carbocycles. The van der Waals surface area contributed by atoms with Crippen molar-refractivity contribution < 1.29 is 14.6 Å². The molecule has 2 atom stereocenters. The van der Waals surface area contributed by atoms with Gasteiger partial charge < -0.3 is 14.8 Å². The van der Waals surface area contributed by atoms with Crippen LogP contribution in [0.25, 0.3) is 21.7 Å². The Labute approximate surface area is 169 Å². The first-order chi connectivity index (χ1) is 14.2. The van der Waals surface area contributed by atoms with E-state index in [1.807, 2.05) is 48.5 Å². The second kappa shape index (κ2) is 7.28. The number of ether oxygens (including phenoxy) is 1. The van der Waals surface area contributed by atoms with E-state index in [9.17, 15) is 9.90 Å². The number of aromatic carboxylic acids is 1. The van der Waals surface area contributed by atoms with Crippen LogP contribution in [0.2, 0.25) is 0 Å². The minimum absolute atomic E-state index is 0.0786. The Balaban J connectivity index is 1.46. The summed E-state index contributed by atoms with van der Waals surface area (Å²) in [5.74, 6) is 0.186. The first kappa shape index (κ1) is 17.8. The van der Waals surface area contributed by atoms with Gasteiger partial charge in [-0.15, -0.1) is 0 Å². The lowest BCUT2D eigenvalue weighted by Gasteiger charge is -2.30. The summed E-state index contributed by atoms with van der Waals surface area (Å²) in [7, 11) is 0. The Hall–Kier alpha value is -3.27. The number of aromatic nitrogens is 1. The maximum absolute atomic E-state index is 11.9. The normalized spacial score (nSPS) is 19.4. The van der Waals surface area contributed by atoms with E-state index in [-0.39, 0.29) is 12.0 Å². The van der Waals surface area contributed by atoms with E-state index in [0.29, 0.717) is 5.69 Å². The largest absolute Gasteiger partial charge is 0.490 e. The predicted octanol–water partition coefficient (Wildman–Crippen LogP) is 6.12. The van der Waals surface area contributed by atoms with Gasteiger partial charge in [0, 0.05) is 16.3 Å². The predicted molar refractivity (Wildman–Crippen MR) is 115 cm³/mol. The molecule has 1 heterocycles. The van der Waals surface area contributed by atoms with Crippen LogP contribution < -0.4 is 4.74 Å². The summed E-state index contributed by atoms with van der Waals surface area (Å²) in [6.45, 7) is 0. The second-order valence-electron chi connectivity index (χ2n) is 7.85. The van der Waals surface area contributed by atoms with Gasteiger partial charge in [0.05, 0.1) is 6.10 Å². The molecule has 0 bridgehead atoms. The number of nitrogens with one attached hydrogen (secondary N) is 1. The van der Waals surface area contributed by atoms with Crippen LogP contribution in [0.15, 0.2) is 66.7 Å². The molecule has 4 aromatic rings. The highest BCUT2D eigenvalue weighted by atomic mass is 16.5. The molecule has 1 aliphatic rings. The number of carbonyl (C=O) groups is 1. The summed E-state index contributed by atoms with van der Waals surface area (Å²) in [5.41, 5.74) is 2.14. The minimum atomic E-state index is -0.895. The van der Waals surface area contributed by atoms with Crippen LogP contribution in [0.3, 0.4) is 0 Å². The average Bonchev–Trinajstić information content (AvgIpc) is 3.14. The zero-order valence-electron chi connectivity index (χ0n) is 16.1. The van der Waals surface area contributed by atoms with Crippen molar-refractivity contribution in [1.82, 2.24) is 4.98 Å². The molecule has 2 N–H and O–H groups in total. The fourth-order valence-electron chi connectivity index (χ4n) is 4.75. The summed E-state index contributed by atoms with van der Waals surface area (Å²) in [6.07, 6.45) is 3.90. The number of para-hydroxylation sites is 1. The molecule has 0 amide bonds. The van der Waals surface area contributed by atoms with Gasteiger partial charge in [0.1, 0.15) is 11.4 Å². The van der Waals surface area contributed by atoms with Gasteiger partial charge in [-0.3, -0.25) is 0 Å². The molecule has 0 aliphatic heterocycles. The van der Waals surface area contributed by atoms with Gasteiger partial charge in [-0.2, -0.15) is 0 Å². The molecule has 1 aromatic heterocycles. The molecular weight excluding hydrogens is 362 g/mol. The van der Waals surface area contributed by atoms with E-state index in [0.717, 1.165) is 53.3 Å². The standard InChI is InChI=1S/C25H23NO3/c27-25(28)24-23(20-12-3-4-13-21(20)26-24)17-9-5-10-18(15-17)29-22-14-6-8-16-7-1-2-11-19(16)22/h1-4,6-8,11-14,17-18,26H,5,9-10,15H2,(H,27,28). The van der Waals surface area contributed by atoms with Crippen LogP contribution in [-0.4, -0.2) is 22.2 Å². The zero-order valence-corrected chi connectivity index (χ0v) is 16.1. The topological polar surface area (TPSA) is 62.3 Å². The average molecular weight is 385 g/mol. The van der Waals surface area contributed by atoms with Crippen LogP contribution in [0.1, 0.15) is 47.7 Å². The van der Waals surface area contributed by atoms with Crippen molar-refractivity contribution in [3.05, 3.63) is 78.0 Å². The number of hydrogen-bond acceptors (Lipinski definition) is 2. The van der Waals surface area contributed by atoms with Crippen molar-refractivity contribution in [2.75, 3.05) is 0 Å². The number of hydrogen-bond donors (Lipinski definition) is 2. The maximum Gasteiger partial charge on any atom is 0.352 e. The molecular formula is C25H23NO3. The van der Waals surface area contributed by atoms with Gasteiger partial charge in [0.15, 0.2) is 0 Å². The number of fused-ring (bicyclic) bond motifs is 2. The third-order valence-electron chi connectivity index (χ3n) is 6.04. The smallest absolute Gasteiger partial charge is 0.352 e. The Kier molecular flexibility index (Phi) is 4.47. The minimum Gasteiger partial charge on any atom is -0.490 e. The Morgan fingerprint density at radius 2 is 1.69 bits per heavy atom. The highest BCUT2D eigenvalue weighted by Gasteiger charge is 2.30. The number of rotatable bonds is 4. The molecule has 4 heteroatoms.